The Morgan fingerprint density at radius 3 is 2.83 bits per heavy atom. The molecule has 18 heavy (non-hydrogen) atoms. The topological polar surface area (TPSA) is 56.3 Å². The van der Waals surface area contributed by atoms with E-state index < -0.39 is 0 Å². The Morgan fingerprint density at radius 2 is 2.22 bits per heavy atom. The van der Waals surface area contributed by atoms with E-state index >= 15 is 0 Å². The van der Waals surface area contributed by atoms with Crippen molar-refractivity contribution in [2.75, 3.05) is 26.0 Å². The van der Waals surface area contributed by atoms with E-state index in [2.05, 4.69) is 15.3 Å². The molecule has 102 valence electrons. The lowest BCUT2D eigenvalue weighted by Gasteiger charge is -2.12. The van der Waals surface area contributed by atoms with Crippen LogP contribution >= 0.6 is 24.2 Å². The minimum Gasteiger partial charge on any atom is -0.478 e. The standard InChI is InChI=1S/C11H17N3O2S.ClH/c1-3-15-9-6-10(14-11(13-9)17-2)16-8-4-5-12-7-8;/h6,8,12H,3-5,7H2,1-2H3;1H/t8-;/m0./s1. The van der Waals surface area contributed by atoms with Crippen molar-refractivity contribution in [1.29, 1.82) is 0 Å². The van der Waals surface area contributed by atoms with Crippen LogP contribution in [0.4, 0.5) is 0 Å². The molecule has 0 radical (unpaired) electrons. The minimum atomic E-state index is 0. The molecule has 7 heteroatoms. The summed E-state index contributed by atoms with van der Waals surface area (Å²) >= 11 is 1.48. The second-order valence-corrected chi connectivity index (χ2v) is 4.47. The first-order chi connectivity index (χ1) is 8.31. The van der Waals surface area contributed by atoms with Gasteiger partial charge >= 0.3 is 0 Å². The van der Waals surface area contributed by atoms with Crippen LogP contribution in [-0.2, 0) is 0 Å². The lowest BCUT2D eigenvalue weighted by molar-refractivity contribution is 0.209. The maximum atomic E-state index is 5.80. The highest BCUT2D eigenvalue weighted by molar-refractivity contribution is 7.98. The lowest BCUT2D eigenvalue weighted by Crippen LogP contribution is -2.20. The zero-order valence-electron chi connectivity index (χ0n) is 10.5. The van der Waals surface area contributed by atoms with Crippen molar-refractivity contribution < 1.29 is 9.47 Å². The Balaban J connectivity index is 0.00000162. The molecule has 1 aromatic heterocycles. The van der Waals surface area contributed by atoms with Gasteiger partial charge in [-0.25, -0.2) is 0 Å². The molecule has 2 heterocycles. The van der Waals surface area contributed by atoms with Crippen LogP contribution in [0.1, 0.15) is 13.3 Å². The summed E-state index contributed by atoms with van der Waals surface area (Å²) in [5.41, 5.74) is 0. The van der Waals surface area contributed by atoms with Gasteiger partial charge in [0.05, 0.1) is 12.7 Å². The van der Waals surface area contributed by atoms with Crippen molar-refractivity contribution in [3.63, 3.8) is 0 Å². The van der Waals surface area contributed by atoms with Crippen LogP contribution in [0.25, 0.3) is 0 Å². The Bertz CT molecular complexity index is 375. The average molecular weight is 292 g/mol. The van der Waals surface area contributed by atoms with E-state index in [0.29, 0.717) is 23.5 Å². The number of nitrogens with one attached hydrogen (secondary N) is 1. The second kappa shape index (κ2) is 7.66. The SMILES string of the molecule is CCOc1cc(O[C@H]2CCNC2)nc(SC)n1.Cl. The third-order valence-corrected chi connectivity index (χ3v) is 2.98. The Kier molecular flexibility index (Phi) is 6.52. The number of rotatable bonds is 5. The lowest BCUT2D eigenvalue weighted by atomic mass is 10.3. The molecule has 1 N–H and O–H groups in total. The quantitative estimate of drug-likeness (QED) is 0.659. The summed E-state index contributed by atoms with van der Waals surface area (Å²) in [6, 6.07) is 1.75. The van der Waals surface area contributed by atoms with Crippen LogP contribution in [0.5, 0.6) is 11.8 Å². The van der Waals surface area contributed by atoms with Gasteiger partial charge in [-0.3, -0.25) is 0 Å². The number of ether oxygens (including phenoxy) is 2. The highest BCUT2D eigenvalue weighted by atomic mass is 35.5. The molecule has 1 saturated heterocycles. The summed E-state index contributed by atoms with van der Waals surface area (Å²) in [5, 5.41) is 3.93. The summed E-state index contributed by atoms with van der Waals surface area (Å²) in [6.45, 7) is 4.41. The number of hydrogen-bond donors (Lipinski definition) is 1. The summed E-state index contributed by atoms with van der Waals surface area (Å²) in [4.78, 5) is 8.57. The van der Waals surface area contributed by atoms with Gasteiger partial charge in [0, 0.05) is 6.54 Å². The molecule has 1 aliphatic heterocycles. The summed E-state index contributed by atoms with van der Waals surface area (Å²) in [5.74, 6) is 1.18. The van der Waals surface area contributed by atoms with Crippen molar-refractivity contribution in [2.45, 2.75) is 24.6 Å². The van der Waals surface area contributed by atoms with Crippen LogP contribution in [0.15, 0.2) is 11.2 Å². The molecular weight excluding hydrogens is 274 g/mol. The molecule has 0 aromatic carbocycles. The first-order valence-electron chi connectivity index (χ1n) is 5.75. The summed E-state index contributed by atoms with van der Waals surface area (Å²) in [7, 11) is 0. The molecule has 0 aliphatic carbocycles. The molecule has 2 rings (SSSR count). The van der Waals surface area contributed by atoms with Gasteiger partial charge in [-0.2, -0.15) is 9.97 Å². The van der Waals surface area contributed by atoms with Crippen LogP contribution in [0.3, 0.4) is 0 Å². The van der Waals surface area contributed by atoms with E-state index in [0.717, 1.165) is 19.5 Å². The van der Waals surface area contributed by atoms with Gasteiger partial charge in [-0.1, -0.05) is 11.8 Å². The first-order valence-corrected chi connectivity index (χ1v) is 6.97. The van der Waals surface area contributed by atoms with E-state index in [1.165, 1.54) is 11.8 Å². The first kappa shape index (κ1) is 15.3. The molecule has 0 unspecified atom stereocenters. The van der Waals surface area contributed by atoms with Crippen LogP contribution < -0.4 is 14.8 Å². The van der Waals surface area contributed by atoms with E-state index in [4.69, 9.17) is 9.47 Å². The van der Waals surface area contributed by atoms with Gasteiger partial charge in [-0.15, -0.1) is 12.4 Å². The van der Waals surface area contributed by atoms with Crippen molar-refractivity contribution in [3.05, 3.63) is 6.07 Å². The third kappa shape index (κ3) is 4.19. The predicted octanol–water partition coefficient (Wildman–Crippen LogP) is 1.76. The number of aromatic nitrogens is 2. The Labute approximate surface area is 117 Å². The molecule has 0 spiro atoms. The van der Waals surface area contributed by atoms with Crippen LogP contribution in [0, 0.1) is 0 Å². The number of hydrogen-bond acceptors (Lipinski definition) is 6. The fourth-order valence-electron chi connectivity index (χ4n) is 1.66. The largest absolute Gasteiger partial charge is 0.478 e. The molecule has 0 saturated carbocycles. The zero-order valence-corrected chi connectivity index (χ0v) is 12.1. The predicted molar refractivity (Wildman–Crippen MR) is 74.1 cm³/mol. The Morgan fingerprint density at radius 1 is 1.44 bits per heavy atom. The van der Waals surface area contributed by atoms with E-state index in [-0.39, 0.29) is 18.5 Å². The van der Waals surface area contributed by atoms with Crippen molar-refractivity contribution in [3.8, 4) is 11.8 Å². The molecular formula is C11H18ClN3O2S. The van der Waals surface area contributed by atoms with E-state index in [1.54, 1.807) is 6.07 Å². The number of halogens is 1. The van der Waals surface area contributed by atoms with Crippen LogP contribution in [0.2, 0.25) is 0 Å². The number of thioether (sulfide) groups is 1. The molecule has 1 fully saturated rings. The maximum absolute atomic E-state index is 5.80. The smallest absolute Gasteiger partial charge is 0.221 e. The maximum Gasteiger partial charge on any atom is 0.221 e. The van der Waals surface area contributed by atoms with Gasteiger partial charge in [0.2, 0.25) is 11.8 Å². The van der Waals surface area contributed by atoms with Gasteiger partial charge in [-0.05, 0) is 26.1 Å². The normalized spacial score (nSPS) is 18.2. The zero-order chi connectivity index (χ0) is 12.1. The van der Waals surface area contributed by atoms with Gasteiger partial charge in [0.1, 0.15) is 6.10 Å². The molecule has 1 aliphatic rings. The van der Waals surface area contributed by atoms with Crippen molar-refractivity contribution in [1.82, 2.24) is 15.3 Å². The highest BCUT2D eigenvalue weighted by Crippen LogP contribution is 2.22. The molecule has 1 atom stereocenters. The van der Waals surface area contributed by atoms with Crippen molar-refractivity contribution in [2.24, 2.45) is 0 Å². The van der Waals surface area contributed by atoms with Gasteiger partial charge < -0.3 is 14.8 Å². The summed E-state index contributed by atoms with van der Waals surface area (Å²) in [6.07, 6.45) is 3.16. The fourth-order valence-corrected chi connectivity index (χ4v) is 2.02. The highest BCUT2D eigenvalue weighted by Gasteiger charge is 2.17. The van der Waals surface area contributed by atoms with Crippen LogP contribution in [-0.4, -0.2) is 42.0 Å². The number of nitrogens with zero attached hydrogens (tertiary/aromatic N) is 2. The van der Waals surface area contributed by atoms with Gasteiger partial charge in [0.15, 0.2) is 5.16 Å². The monoisotopic (exact) mass is 291 g/mol. The van der Waals surface area contributed by atoms with E-state index in [1.807, 2.05) is 13.2 Å². The Hall–Kier alpha value is -0.720. The second-order valence-electron chi connectivity index (χ2n) is 3.70. The molecule has 0 amide bonds. The molecule has 5 nitrogen and oxygen atoms in total. The third-order valence-electron chi connectivity index (χ3n) is 2.44. The fraction of sp³-hybridized carbons (Fsp3) is 0.636. The summed E-state index contributed by atoms with van der Waals surface area (Å²) < 4.78 is 11.2. The minimum absolute atomic E-state index is 0. The van der Waals surface area contributed by atoms with Crippen molar-refractivity contribution >= 4 is 24.2 Å². The average Bonchev–Trinajstić information content (AvgIpc) is 2.82. The van der Waals surface area contributed by atoms with Gasteiger partial charge in [0.25, 0.3) is 0 Å². The molecule has 0 bridgehead atoms. The van der Waals surface area contributed by atoms with E-state index in [9.17, 15) is 0 Å². The molecule has 1 aromatic rings.